The number of carbonyl (C=O) groups is 2. The lowest BCUT2D eigenvalue weighted by atomic mass is 9.98. The maximum absolute atomic E-state index is 13.5. The number of amides is 2. The smallest absolute Gasteiger partial charge is 0.265 e. The summed E-state index contributed by atoms with van der Waals surface area (Å²) in [6, 6.07) is 8.91. The van der Waals surface area contributed by atoms with Crippen LogP contribution in [0.2, 0.25) is 0 Å². The van der Waals surface area contributed by atoms with E-state index in [0.29, 0.717) is 36.4 Å². The van der Waals surface area contributed by atoms with Crippen LogP contribution in [0.4, 0.5) is 11.4 Å². The van der Waals surface area contributed by atoms with E-state index in [4.69, 9.17) is 4.74 Å². The first kappa shape index (κ1) is 23.3. The van der Waals surface area contributed by atoms with Crippen molar-refractivity contribution in [2.45, 2.75) is 51.5 Å². The van der Waals surface area contributed by atoms with Gasteiger partial charge in [0.25, 0.3) is 5.91 Å². The lowest BCUT2D eigenvalue weighted by Crippen LogP contribution is -2.44. The number of fused-ring (bicyclic) bond motifs is 1. The molecule has 2 N–H and O–H groups in total. The van der Waals surface area contributed by atoms with Crippen molar-refractivity contribution in [2.75, 3.05) is 23.7 Å². The highest BCUT2D eigenvalue weighted by Gasteiger charge is 2.35. The van der Waals surface area contributed by atoms with Gasteiger partial charge in [-0.15, -0.1) is 0 Å². The van der Waals surface area contributed by atoms with E-state index >= 15 is 0 Å². The number of hydrogen-bond acceptors (Lipinski definition) is 5. The van der Waals surface area contributed by atoms with E-state index in [-0.39, 0.29) is 23.3 Å². The quantitative estimate of drug-likeness (QED) is 0.711. The highest BCUT2D eigenvalue weighted by atomic mass is 32.2. The van der Waals surface area contributed by atoms with E-state index in [1.54, 1.807) is 19.9 Å². The molecule has 1 fully saturated rings. The third-order valence-corrected chi connectivity index (χ3v) is 8.08. The highest BCUT2D eigenvalue weighted by molar-refractivity contribution is 7.89. The van der Waals surface area contributed by atoms with E-state index in [9.17, 15) is 18.0 Å². The number of hydrogen-bond donors (Lipinski definition) is 2. The first-order valence-corrected chi connectivity index (χ1v) is 12.5. The summed E-state index contributed by atoms with van der Waals surface area (Å²) in [5.41, 5.74) is 3.78. The molecule has 9 heteroatoms. The predicted molar refractivity (Wildman–Crippen MR) is 126 cm³/mol. The lowest BCUT2D eigenvalue weighted by Gasteiger charge is -2.32. The van der Waals surface area contributed by atoms with Crippen molar-refractivity contribution < 1.29 is 22.7 Å². The molecule has 8 nitrogen and oxygen atoms in total. The van der Waals surface area contributed by atoms with Crippen molar-refractivity contribution in [2.24, 2.45) is 5.92 Å². The van der Waals surface area contributed by atoms with Gasteiger partial charge in [0.05, 0.1) is 16.5 Å². The number of nitrogens with one attached hydrogen (secondary N) is 2. The molecule has 4 rings (SSSR count). The summed E-state index contributed by atoms with van der Waals surface area (Å²) < 4.78 is 34.0. The average Bonchev–Trinajstić information content (AvgIpc) is 2.74. The van der Waals surface area contributed by atoms with Crippen LogP contribution in [0, 0.1) is 26.7 Å². The Morgan fingerprint density at radius 3 is 2.52 bits per heavy atom. The van der Waals surface area contributed by atoms with Gasteiger partial charge in [0.2, 0.25) is 15.9 Å². The Hall–Kier alpha value is -2.91. The second-order valence-corrected chi connectivity index (χ2v) is 10.8. The molecule has 1 saturated heterocycles. The second kappa shape index (κ2) is 8.79. The van der Waals surface area contributed by atoms with Crippen molar-refractivity contribution in [1.29, 1.82) is 0 Å². The largest absolute Gasteiger partial charge is 0.479 e. The summed E-state index contributed by atoms with van der Waals surface area (Å²) in [5, 5.41) is 5.68. The first-order chi connectivity index (χ1) is 15.5. The molecule has 2 aromatic carbocycles. The van der Waals surface area contributed by atoms with Gasteiger partial charge >= 0.3 is 0 Å². The molecule has 2 atom stereocenters. The summed E-state index contributed by atoms with van der Waals surface area (Å²) in [7, 11) is -3.85. The SMILES string of the molecule is Cc1cc(C)cc(NC(=O)[C@H]2CCCN(S(=O)(=O)c3cc4c(cc3C)NC(=O)[C@H](C)O4)C2)c1. The zero-order valence-corrected chi connectivity index (χ0v) is 20.1. The molecule has 2 amide bonds. The molecule has 2 heterocycles. The molecule has 0 aliphatic carbocycles. The number of rotatable bonds is 4. The lowest BCUT2D eigenvalue weighted by molar-refractivity contribution is -0.123. The summed E-state index contributed by atoms with van der Waals surface area (Å²) in [5.74, 6) is -0.566. The van der Waals surface area contributed by atoms with Crippen LogP contribution in [0.5, 0.6) is 5.75 Å². The normalized spacial score (nSPS) is 21.0. The standard InChI is InChI=1S/C24H29N3O5S/c1-14-8-15(2)10-19(9-14)25-24(29)18-6-5-7-27(13-18)33(30,31)22-12-21-20(11-16(22)3)26-23(28)17(4)32-21/h8-12,17-18H,5-7,13H2,1-4H3,(H,25,29)(H,26,28)/t17-,18-/m0/s1. The van der Waals surface area contributed by atoms with Crippen LogP contribution in [0.3, 0.4) is 0 Å². The third-order valence-electron chi connectivity index (χ3n) is 6.07. The molecule has 0 bridgehead atoms. The van der Waals surface area contributed by atoms with Crippen LogP contribution in [-0.4, -0.2) is 43.7 Å². The van der Waals surface area contributed by atoms with E-state index in [1.165, 1.54) is 10.4 Å². The molecule has 0 saturated carbocycles. The molecule has 0 spiro atoms. The molecule has 33 heavy (non-hydrogen) atoms. The first-order valence-electron chi connectivity index (χ1n) is 11.1. The van der Waals surface area contributed by atoms with Crippen molar-refractivity contribution in [1.82, 2.24) is 4.31 Å². The van der Waals surface area contributed by atoms with E-state index in [2.05, 4.69) is 10.6 Å². The second-order valence-electron chi connectivity index (χ2n) is 8.93. The number of piperidine rings is 1. The fraction of sp³-hybridized carbons (Fsp3) is 0.417. The van der Waals surface area contributed by atoms with Crippen LogP contribution in [0.15, 0.2) is 35.2 Å². The Bertz CT molecular complexity index is 1200. The fourth-order valence-corrected chi connectivity index (χ4v) is 6.17. The van der Waals surface area contributed by atoms with Crippen molar-refractivity contribution in [3.8, 4) is 5.75 Å². The van der Waals surface area contributed by atoms with Crippen molar-refractivity contribution >= 4 is 33.2 Å². The number of sulfonamides is 1. The molecule has 0 radical (unpaired) electrons. The van der Waals surface area contributed by atoms with Crippen LogP contribution < -0.4 is 15.4 Å². The van der Waals surface area contributed by atoms with E-state index in [0.717, 1.165) is 16.8 Å². The summed E-state index contributed by atoms with van der Waals surface area (Å²) in [4.78, 5) is 24.9. The number of benzene rings is 2. The van der Waals surface area contributed by atoms with Gasteiger partial charge < -0.3 is 15.4 Å². The van der Waals surface area contributed by atoms with Crippen LogP contribution in [0.25, 0.3) is 0 Å². The Morgan fingerprint density at radius 2 is 1.82 bits per heavy atom. The molecular formula is C24H29N3O5S. The fourth-order valence-electron chi connectivity index (χ4n) is 4.43. The van der Waals surface area contributed by atoms with Gasteiger partial charge in [-0.3, -0.25) is 9.59 Å². The van der Waals surface area contributed by atoms with E-state index in [1.807, 2.05) is 32.0 Å². The molecular weight excluding hydrogens is 442 g/mol. The molecule has 2 aliphatic rings. The van der Waals surface area contributed by atoms with Crippen LogP contribution >= 0.6 is 0 Å². The van der Waals surface area contributed by atoms with Crippen LogP contribution in [-0.2, 0) is 19.6 Å². The van der Waals surface area contributed by atoms with Gasteiger partial charge in [-0.25, -0.2) is 8.42 Å². The number of nitrogens with zero attached hydrogens (tertiary/aromatic N) is 1. The minimum Gasteiger partial charge on any atom is -0.479 e. The van der Waals surface area contributed by atoms with Gasteiger partial charge in [-0.2, -0.15) is 4.31 Å². The number of anilines is 2. The summed E-state index contributed by atoms with van der Waals surface area (Å²) in [6.07, 6.45) is 0.514. The van der Waals surface area contributed by atoms with Crippen molar-refractivity contribution in [3.05, 3.63) is 47.0 Å². The van der Waals surface area contributed by atoms with Gasteiger partial charge in [0.15, 0.2) is 6.10 Å². The Kier molecular flexibility index (Phi) is 6.20. The molecule has 0 aromatic heterocycles. The van der Waals surface area contributed by atoms with Gasteiger partial charge in [-0.1, -0.05) is 6.07 Å². The Morgan fingerprint density at radius 1 is 1.12 bits per heavy atom. The van der Waals surface area contributed by atoms with Crippen molar-refractivity contribution in [3.63, 3.8) is 0 Å². The zero-order chi connectivity index (χ0) is 23.9. The minimum absolute atomic E-state index is 0.115. The van der Waals surface area contributed by atoms with Crippen LogP contribution in [0.1, 0.15) is 36.5 Å². The monoisotopic (exact) mass is 471 g/mol. The minimum atomic E-state index is -3.85. The summed E-state index contributed by atoms with van der Waals surface area (Å²) in [6.45, 7) is 7.69. The molecule has 176 valence electrons. The number of aryl methyl sites for hydroxylation is 3. The van der Waals surface area contributed by atoms with E-state index < -0.39 is 22.0 Å². The average molecular weight is 472 g/mol. The van der Waals surface area contributed by atoms with Gasteiger partial charge in [0.1, 0.15) is 5.75 Å². The zero-order valence-electron chi connectivity index (χ0n) is 19.3. The Balaban J connectivity index is 1.54. The Labute approximate surface area is 194 Å². The van der Waals surface area contributed by atoms with Gasteiger partial charge in [-0.05, 0) is 75.4 Å². The third kappa shape index (κ3) is 4.74. The molecule has 2 aliphatic heterocycles. The highest BCUT2D eigenvalue weighted by Crippen LogP contribution is 2.36. The summed E-state index contributed by atoms with van der Waals surface area (Å²) >= 11 is 0. The molecule has 0 unspecified atom stereocenters. The number of carbonyl (C=O) groups excluding carboxylic acids is 2. The maximum Gasteiger partial charge on any atom is 0.265 e. The maximum atomic E-state index is 13.5. The van der Waals surface area contributed by atoms with Gasteiger partial charge in [0, 0.05) is 24.8 Å². The molecule has 2 aromatic rings. The number of ether oxygens (including phenoxy) is 1. The topological polar surface area (TPSA) is 105 Å². The predicted octanol–water partition coefficient (Wildman–Crippen LogP) is 3.37.